The van der Waals surface area contributed by atoms with Crippen molar-refractivity contribution in [2.24, 2.45) is 5.41 Å². The number of likely N-dealkylation sites (N-methyl/N-ethyl adjacent to an activating group) is 1. The van der Waals surface area contributed by atoms with Crippen molar-refractivity contribution in [3.8, 4) is 5.75 Å². The van der Waals surface area contributed by atoms with Crippen molar-refractivity contribution in [3.05, 3.63) is 29.8 Å². The van der Waals surface area contributed by atoms with E-state index in [-0.39, 0.29) is 12.0 Å². The maximum atomic E-state index is 10.0. The standard InChI is InChI=1S/C19H30N2O3/c1-20-8-3-6-19(15-23)7-9-21(14-18(19)20)13-16-4-2-5-17(12-16)24-11-10-22/h2,4-5,12,18,22-23H,3,6-11,13-15H2,1H3/t18-,19+/m0/s1. The summed E-state index contributed by atoms with van der Waals surface area (Å²) in [5, 5.41) is 18.9. The third-order valence-electron chi connectivity index (χ3n) is 5.76. The summed E-state index contributed by atoms with van der Waals surface area (Å²) in [4.78, 5) is 4.93. The van der Waals surface area contributed by atoms with E-state index in [4.69, 9.17) is 9.84 Å². The number of benzene rings is 1. The first-order valence-electron chi connectivity index (χ1n) is 9.03. The van der Waals surface area contributed by atoms with Crippen LogP contribution in [0.5, 0.6) is 5.75 Å². The van der Waals surface area contributed by atoms with Gasteiger partial charge in [-0.2, -0.15) is 0 Å². The highest BCUT2D eigenvalue weighted by molar-refractivity contribution is 5.28. The topological polar surface area (TPSA) is 56.2 Å². The molecule has 0 bridgehead atoms. The molecule has 2 N–H and O–H groups in total. The molecule has 5 nitrogen and oxygen atoms in total. The van der Waals surface area contributed by atoms with Crippen molar-refractivity contribution in [1.82, 2.24) is 9.80 Å². The van der Waals surface area contributed by atoms with Crippen LogP contribution in [0.1, 0.15) is 24.8 Å². The van der Waals surface area contributed by atoms with Crippen molar-refractivity contribution in [3.63, 3.8) is 0 Å². The van der Waals surface area contributed by atoms with Crippen LogP contribution in [0.25, 0.3) is 0 Å². The maximum Gasteiger partial charge on any atom is 0.119 e. The average Bonchev–Trinajstić information content (AvgIpc) is 2.61. The third-order valence-corrected chi connectivity index (χ3v) is 5.76. The van der Waals surface area contributed by atoms with Gasteiger partial charge in [-0.1, -0.05) is 12.1 Å². The fourth-order valence-electron chi connectivity index (χ4n) is 4.37. The minimum atomic E-state index is 0.0353. The molecule has 2 aliphatic rings. The zero-order valence-electron chi connectivity index (χ0n) is 14.7. The highest BCUT2D eigenvalue weighted by Crippen LogP contribution is 2.41. The fraction of sp³-hybridized carbons (Fsp3) is 0.684. The summed E-state index contributed by atoms with van der Waals surface area (Å²) in [5.41, 5.74) is 1.33. The molecule has 2 fully saturated rings. The van der Waals surface area contributed by atoms with Gasteiger partial charge in [-0.15, -0.1) is 0 Å². The van der Waals surface area contributed by atoms with Crippen LogP contribution in [0.4, 0.5) is 0 Å². The highest BCUT2D eigenvalue weighted by atomic mass is 16.5. The number of piperidine rings is 2. The monoisotopic (exact) mass is 334 g/mol. The molecule has 0 amide bonds. The number of likely N-dealkylation sites (tertiary alicyclic amines) is 2. The first-order chi connectivity index (χ1) is 11.7. The van der Waals surface area contributed by atoms with Gasteiger partial charge in [-0.3, -0.25) is 4.90 Å². The molecule has 3 rings (SSSR count). The predicted octanol–water partition coefficient (Wildman–Crippen LogP) is 1.34. The number of nitrogens with zero attached hydrogens (tertiary/aromatic N) is 2. The zero-order valence-corrected chi connectivity index (χ0v) is 14.7. The molecule has 0 radical (unpaired) electrons. The summed E-state index contributed by atoms with van der Waals surface area (Å²) >= 11 is 0. The summed E-state index contributed by atoms with van der Waals surface area (Å²) in [7, 11) is 2.20. The molecule has 2 atom stereocenters. The Morgan fingerprint density at radius 1 is 1.25 bits per heavy atom. The quantitative estimate of drug-likeness (QED) is 0.822. The fourth-order valence-corrected chi connectivity index (χ4v) is 4.37. The van der Waals surface area contributed by atoms with Gasteiger partial charge in [-0.25, -0.2) is 0 Å². The molecular formula is C19H30N2O3. The Balaban J connectivity index is 1.65. The lowest BCUT2D eigenvalue weighted by Crippen LogP contribution is -2.61. The second-order valence-electron chi connectivity index (χ2n) is 7.33. The molecule has 1 aromatic rings. The van der Waals surface area contributed by atoms with Gasteiger partial charge in [0, 0.05) is 24.5 Å². The van der Waals surface area contributed by atoms with Crippen LogP contribution >= 0.6 is 0 Å². The van der Waals surface area contributed by atoms with E-state index in [1.165, 1.54) is 12.0 Å². The number of hydrogen-bond donors (Lipinski definition) is 2. The van der Waals surface area contributed by atoms with Crippen LogP contribution in [0.15, 0.2) is 24.3 Å². The Bertz CT molecular complexity index is 539. The van der Waals surface area contributed by atoms with E-state index in [0.29, 0.717) is 19.3 Å². The van der Waals surface area contributed by atoms with E-state index in [0.717, 1.165) is 44.8 Å². The van der Waals surface area contributed by atoms with Crippen LogP contribution in [-0.4, -0.2) is 72.6 Å². The van der Waals surface area contributed by atoms with Gasteiger partial charge < -0.3 is 19.8 Å². The van der Waals surface area contributed by atoms with Crippen LogP contribution in [-0.2, 0) is 6.54 Å². The Morgan fingerprint density at radius 3 is 2.92 bits per heavy atom. The molecule has 2 heterocycles. The molecule has 24 heavy (non-hydrogen) atoms. The highest BCUT2D eigenvalue weighted by Gasteiger charge is 2.46. The molecule has 5 heteroatoms. The minimum absolute atomic E-state index is 0.0353. The van der Waals surface area contributed by atoms with Gasteiger partial charge in [-0.05, 0) is 57.1 Å². The molecule has 0 spiro atoms. The molecule has 0 aromatic heterocycles. The lowest BCUT2D eigenvalue weighted by atomic mass is 9.69. The van der Waals surface area contributed by atoms with E-state index in [9.17, 15) is 5.11 Å². The number of hydrogen-bond acceptors (Lipinski definition) is 5. The lowest BCUT2D eigenvalue weighted by Gasteiger charge is -2.53. The molecule has 0 saturated carbocycles. The van der Waals surface area contributed by atoms with Crippen LogP contribution in [0.3, 0.4) is 0 Å². The van der Waals surface area contributed by atoms with Crippen molar-refractivity contribution >= 4 is 0 Å². The van der Waals surface area contributed by atoms with Gasteiger partial charge in [0.1, 0.15) is 12.4 Å². The number of aliphatic hydroxyl groups excluding tert-OH is 2. The second-order valence-corrected chi connectivity index (χ2v) is 7.33. The Labute approximate surface area is 144 Å². The first-order valence-corrected chi connectivity index (χ1v) is 9.03. The Hall–Kier alpha value is -1.14. The van der Waals surface area contributed by atoms with Gasteiger partial charge in [0.2, 0.25) is 0 Å². The summed E-state index contributed by atoms with van der Waals surface area (Å²) in [6, 6.07) is 8.58. The largest absolute Gasteiger partial charge is 0.491 e. The second kappa shape index (κ2) is 7.83. The van der Waals surface area contributed by atoms with Gasteiger partial charge >= 0.3 is 0 Å². The van der Waals surface area contributed by atoms with Crippen molar-refractivity contribution in [2.45, 2.75) is 31.8 Å². The van der Waals surface area contributed by atoms with Crippen molar-refractivity contribution < 1.29 is 14.9 Å². The smallest absolute Gasteiger partial charge is 0.119 e. The van der Waals surface area contributed by atoms with E-state index < -0.39 is 0 Å². The summed E-state index contributed by atoms with van der Waals surface area (Å²) in [6.45, 7) is 4.76. The summed E-state index contributed by atoms with van der Waals surface area (Å²) < 4.78 is 5.51. The van der Waals surface area contributed by atoms with Gasteiger partial charge in [0.25, 0.3) is 0 Å². The van der Waals surface area contributed by atoms with Crippen LogP contribution in [0, 0.1) is 5.41 Å². The molecule has 0 aliphatic carbocycles. The molecule has 0 unspecified atom stereocenters. The van der Waals surface area contributed by atoms with Gasteiger partial charge in [0.15, 0.2) is 0 Å². The van der Waals surface area contributed by atoms with E-state index in [2.05, 4.69) is 29.0 Å². The van der Waals surface area contributed by atoms with Gasteiger partial charge in [0.05, 0.1) is 13.2 Å². The van der Waals surface area contributed by atoms with E-state index >= 15 is 0 Å². The zero-order chi connectivity index (χ0) is 17.0. The number of rotatable bonds is 6. The molecule has 2 saturated heterocycles. The van der Waals surface area contributed by atoms with Crippen molar-refractivity contribution in [2.75, 3.05) is 46.5 Å². The molecule has 2 aliphatic heterocycles. The van der Waals surface area contributed by atoms with E-state index in [1.807, 2.05) is 12.1 Å². The summed E-state index contributed by atoms with van der Waals surface area (Å²) in [6.07, 6.45) is 3.41. The molecule has 1 aromatic carbocycles. The number of fused-ring (bicyclic) bond motifs is 1. The normalized spacial score (nSPS) is 28.5. The Kier molecular flexibility index (Phi) is 5.76. The van der Waals surface area contributed by atoms with Crippen molar-refractivity contribution in [1.29, 1.82) is 0 Å². The van der Waals surface area contributed by atoms with E-state index in [1.54, 1.807) is 0 Å². The number of aliphatic hydroxyl groups is 2. The SMILES string of the molecule is CN1CCC[C@]2(CO)CCN(Cc3cccc(OCCO)c3)C[C@H]12. The predicted molar refractivity (Wildman–Crippen MR) is 94.1 cm³/mol. The van der Waals surface area contributed by atoms with Crippen LogP contribution < -0.4 is 4.74 Å². The van der Waals surface area contributed by atoms with Crippen LogP contribution in [0.2, 0.25) is 0 Å². The Morgan fingerprint density at radius 2 is 2.12 bits per heavy atom. The summed E-state index contributed by atoms with van der Waals surface area (Å²) in [5.74, 6) is 0.818. The molecular weight excluding hydrogens is 304 g/mol. The average molecular weight is 334 g/mol. The number of ether oxygens (including phenoxy) is 1. The molecule has 134 valence electrons. The lowest BCUT2D eigenvalue weighted by molar-refractivity contribution is -0.0684. The maximum absolute atomic E-state index is 10.0. The first kappa shape index (κ1) is 17.7. The third kappa shape index (κ3) is 3.75. The minimum Gasteiger partial charge on any atom is -0.491 e.